The Morgan fingerprint density at radius 2 is 2.16 bits per heavy atom. The Hall–Kier alpha value is -0.350. The lowest BCUT2D eigenvalue weighted by Gasteiger charge is -2.21. The summed E-state index contributed by atoms with van der Waals surface area (Å²) >= 11 is 11.6. The molecule has 2 aromatic rings. The summed E-state index contributed by atoms with van der Waals surface area (Å²) in [5, 5.41) is 6.49. The van der Waals surface area contributed by atoms with Crippen molar-refractivity contribution in [3.63, 3.8) is 0 Å². The highest BCUT2D eigenvalue weighted by molar-refractivity contribution is 9.10. The Balaban J connectivity index is 2.43. The summed E-state index contributed by atoms with van der Waals surface area (Å²) < 4.78 is 1.14. The second-order valence-corrected chi connectivity index (χ2v) is 6.68. The first-order chi connectivity index (χ1) is 9.15. The van der Waals surface area contributed by atoms with Gasteiger partial charge in [-0.15, -0.1) is 11.3 Å². The van der Waals surface area contributed by atoms with E-state index in [2.05, 4.69) is 53.3 Å². The number of rotatable bonds is 5. The third-order valence-electron chi connectivity index (χ3n) is 3.13. The summed E-state index contributed by atoms with van der Waals surface area (Å²) in [6.45, 7) is 5.29. The first kappa shape index (κ1) is 15.0. The zero-order valence-corrected chi connectivity index (χ0v) is 14.2. The highest BCUT2D eigenvalue weighted by Crippen LogP contribution is 2.35. The SMILES string of the molecule is CCCNC(c1cccc(Br)c1C)c1sccc1Cl. The number of nitrogens with one attached hydrogen (secondary N) is 1. The zero-order valence-electron chi connectivity index (χ0n) is 11.0. The summed E-state index contributed by atoms with van der Waals surface area (Å²) in [7, 11) is 0. The fraction of sp³-hybridized carbons (Fsp3) is 0.333. The Labute approximate surface area is 132 Å². The first-order valence-corrected chi connectivity index (χ1v) is 8.41. The van der Waals surface area contributed by atoms with E-state index >= 15 is 0 Å². The minimum absolute atomic E-state index is 0.171. The monoisotopic (exact) mass is 357 g/mol. The van der Waals surface area contributed by atoms with Gasteiger partial charge in [-0.2, -0.15) is 0 Å². The van der Waals surface area contributed by atoms with Crippen molar-refractivity contribution in [2.45, 2.75) is 26.3 Å². The summed E-state index contributed by atoms with van der Waals surface area (Å²) in [6.07, 6.45) is 1.10. The average Bonchev–Trinajstić information content (AvgIpc) is 2.81. The number of benzene rings is 1. The minimum atomic E-state index is 0.171. The highest BCUT2D eigenvalue weighted by atomic mass is 79.9. The molecule has 1 aromatic carbocycles. The molecule has 1 unspecified atom stereocenters. The maximum atomic E-state index is 6.31. The van der Waals surface area contributed by atoms with Crippen LogP contribution in [0.25, 0.3) is 0 Å². The molecule has 1 heterocycles. The maximum absolute atomic E-state index is 6.31. The molecule has 0 fully saturated rings. The normalized spacial score (nSPS) is 12.6. The molecule has 2 rings (SSSR count). The van der Waals surface area contributed by atoms with Crippen LogP contribution in [0.15, 0.2) is 34.1 Å². The van der Waals surface area contributed by atoms with E-state index < -0.39 is 0 Å². The molecule has 19 heavy (non-hydrogen) atoms. The molecule has 1 atom stereocenters. The van der Waals surface area contributed by atoms with Crippen molar-refractivity contribution >= 4 is 38.9 Å². The van der Waals surface area contributed by atoms with E-state index in [4.69, 9.17) is 11.6 Å². The number of thiophene rings is 1. The predicted molar refractivity (Wildman–Crippen MR) is 88.3 cm³/mol. The number of halogens is 2. The van der Waals surface area contributed by atoms with Crippen molar-refractivity contribution in [1.29, 1.82) is 0 Å². The molecule has 1 nitrogen and oxygen atoms in total. The van der Waals surface area contributed by atoms with Gasteiger partial charge in [0.25, 0.3) is 0 Å². The third kappa shape index (κ3) is 3.40. The number of hydrogen-bond acceptors (Lipinski definition) is 2. The van der Waals surface area contributed by atoms with Crippen molar-refractivity contribution in [3.8, 4) is 0 Å². The van der Waals surface area contributed by atoms with Gasteiger partial charge in [-0.05, 0) is 48.5 Å². The van der Waals surface area contributed by atoms with Gasteiger partial charge in [0, 0.05) is 9.35 Å². The molecule has 0 bridgehead atoms. The molecular weight excluding hydrogens is 342 g/mol. The second-order valence-electron chi connectivity index (χ2n) is 4.47. The molecule has 0 spiro atoms. The van der Waals surface area contributed by atoms with Gasteiger partial charge in [-0.3, -0.25) is 0 Å². The van der Waals surface area contributed by atoms with Gasteiger partial charge in [-0.25, -0.2) is 0 Å². The Kier molecular flexibility index (Phi) is 5.46. The predicted octanol–water partition coefficient (Wildman–Crippen LogP) is 5.56. The van der Waals surface area contributed by atoms with Crippen LogP contribution in [0.1, 0.15) is 35.4 Å². The van der Waals surface area contributed by atoms with Crippen LogP contribution in [0.4, 0.5) is 0 Å². The molecule has 0 aliphatic heterocycles. The van der Waals surface area contributed by atoms with Gasteiger partial charge >= 0.3 is 0 Å². The summed E-state index contributed by atoms with van der Waals surface area (Å²) in [6, 6.07) is 8.46. The summed E-state index contributed by atoms with van der Waals surface area (Å²) in [5.41, 5.74) is 2.55. The fourth-order valence-electron chi connectivity index (χ4n) is 2.08. The second kappa shape index (κ2) is 6.89. The van der Waals surface area contributed by atoms with E-state index in [1.54, 1.807) is 11.3 Å². The van der Waals surface area contributed by atoms with Gasteiger partial charge in [0.1, 0.15) is 0 Å². The van der Waals surface area contributed by atoms with E-state index in [1.807, 2.05) is 11.4 Å². The minimum Gasteiger partial charge on any atom is -0.306 e. The lowest BCUT2D eigenvalue weighted by molar-refractivity contribution is 0.603. The van der Waals surface area contributed by atoms with Crippen LogP contribution in [0.2, 0.25) is 5.02 Å². The molecule has 0 aliphatic rings. The molecule has 0 amide bonds. The van der Waals surface area contributed by atoms with Crippen LogP contribution in [0.3, 0.4) is 0 Å². The van der Waals surface area contributed by atoms with Gasteiger partial charge in [0.15, 0.2) is 0 Å². The maximum Gasteiger partial charge on any atom is 0.0689 e. The Bertz CT molecular complexity index is 553. The Morgan fingerprint density at radius 3 is 2.79 bits per heavy atom. The molecule has 102 valence electrons. The van der Waals surface area contributed by atoms with Crippen LogP contribution in [0, 0.1) is 6.92 Å². The average molecular weight is 359 g/mol. The van der Waals surface area contributed by atoms with E-state index in [1.165, 1.54) is 16.0 Å². The van der Waals surface area contributed by atoms with E-state index in [0.717, 1.165) is 22.5 Å². The standard InChI is InChI=1S/C15H17BrClNS/c1-3-8-18-14(15-13(17)7-9-19-15)11-5-4-6-12(16)10(11)2/h4-7,9,14,18H,3,8H2,1-2H3. The van der Waals surface area contributed by atoms with Gasteiger partial charge in [0.2, 0.25) is 0 Å². The quantitative estimate of drug-likeness (QED) is 0.737. The molecule has 0 saturated heterocycles. The third-order valence-corrected chi connectivity index (χ3v) is 5.41. The van der Waals surface area contributed by atoms with Crippen LogP contribution < -0.4 is 5.32 Å². The van der Waals surface area contributed by atoms with E-state index in [0.29, 0.717) is 0 Å². The number of hydrogen-bond donors (Lipinski definition) is 1. The smallest absolute Gasteiger partial charge is 0.0689 e. The van der Waals surface area contributed by atoms with Crippen LogP contribution >= 0.6 is 38.9 Å². The molecule has 0 aliphatic carbocycles. The zero-order chi connectivity index (χ0) is 13.8. The van der Waals surface area contributed by atoms with Crippen molar-refractivity contribution in [2.75, 3.05) is 6.54 Å². The van der Waals surface area contributed by atoms with Crippen LogP contribution in [0.5, 0.6) is 0 Å². The Morgan fingerprint density at radius 1 is 1.37 bits per heavy atom. The fourth-order valence-corrected chi connectivity index (χ4v) is 3.72. The molecule has 1 N–H and O–H groups in total. The van der Waals surface area contributed by atoms with E-state index in [-0.39, 0.29) is 6.04 Å². The topological polar surface area (TPSA) is 12.0 Å². The largest absolute Gasteiger partial charge is 0.306 e. The molecular formula is C15H17BrClNS. The van der Waals surface area contributed by atoms with Gasteiger partial charge in [-0.1, -0.05) is 46.6 Å². The molecule has 4 heteroatoms. The highest BCUT2D eigenvalue weighted by Gasteiger charge is 2.20. The van der Waals surface area contributed by atoms with Crippen molar-refractivity contribution < 1.29 is 0 Å². The molecule has 0 radical (unpaired) electrons. The molecule has 0 saturated carbocycles. The lowest BCUT2D eigenvalue weighted by Crippen LogP contribution is -2.23. The van der Waals surface area contributed by atoms with Gasteiger partial charge < -0.3 is 5.32 Å². The van der Waals surface area contributed by atoms with Crippen LogP contribution in [-0.2, 0) is 0 Å². The summed E-state index contributed by atoms with van der Waals surface area (Å²) in [4.78, 5) is 1.19. The molecule has 1 aromatic heterocycles. The first-order valence-electron chi connectivity index (χ1n) is 6.36. The van der Waals surface area contributed by atoms with Crippen molar-refractivity contribution in [2.24, 2.45) is 0 Å². The van der Waals surface area contributed by atoms with Crippen molar-refractivity contribution in [1.82, 2.24) is 5.32 Å². The lowest BCUT2D eigenvalue weighted by atomic mass is 10.00. The van der Waals surface area contributed by atoms with Crippen molar-refractivity contribution in [3.05, 3.63) is 55.1 Å². The van der Waals surface area contributed by atoms with Gasteiger partial charge in [0.05, 0.1) is 11.1 Å². The van der Waals surface area contributed by atoms with E-state index in [9.17, 15) is 0 Å². The summed E-state index contributed by atoms with van der Waals surface area (Å²) in [5.74, 6) is 0. The van der Waals surface area contributed by atoms with Crippen LogP contribution in [-0.4, -0.2) is 6.54 Å².